The number of piperidine rings is 1. The summed E-state index contributed by atoms with van der Waals surface area (Å²) in [6, 6.07) is 3.69. The summed E-state index contributed by atoms with van der Waals surface area (Å²) in [5, 5.41) is 1.98. The van der Waals surface area contributed by atoms with Crippen LogP contribution in [-0.4, -0.2) is 113 Å². The van der Waals surface area contributed by atoms with Crippen LogP contribution in [-0.2, 0) is 4.79 Å². The lowest BCUT2D eigenvalue weighted by Gasteiger charge is -2.42. The third kappa shape index (κ3) is 4.90. The van der Waals surface area contributed by atoms with Crippen molar-refractivity contribution in [1.82, 2.24) is 30.0 Å². The number of rotatable bonds is 1. The average molecular weight is 553 g/mol. The van der Waals surface area contributed by atoms with Crippen molar-refractivity contribution < 1.29 is 18.7 Å². The van der Waals surface area contributed by atoms with Crippen LogP contribution in [0, 0.1) is 5.82 Å². The lowest BCUT2D eigenvalue weighted by molar-refractivity contribution is -0.133. The van der Waals surface area contributed by atoms with Crippen molar-refractivity contribution in [3.8, 4) is 5.75 Å². The largest absolute Gasteiger partial charge is 0.483 e. The maximum Gasteiger partial charge on any atom is 0.260 e. The molecule has 3 N–H and O–H groups in total. The Balaban J connectivity index is 1.40. The molecule has 0 saturated carbocycles. The van der Waals surface area contributed by atoms with E-state index in [-0.39, 0.29) is 47.9 Å². The molecule has 2 saturated heterocycles. The number of carbonyl (C=O) groups excluding carboxylic acids is 2. The minimum absolute atomic E-state index is 0.132. The molecule has 1 aromatic carbocycles. The fraction of sp³-hybridized carbons (Fsp3) is 0.536. The van der Waals surface area contributed by atoms with E-state index in [2.05, 4.69) is 21.3 Å². The molecule has 6 rings (SSSR count). The lowest BCUT2D eigenvalue weighted by atomic mass is 9.94. The number of likely N-dealkylation sites (tertiary alicyclic amines) is 1. The van der Waals surface area contributed by atoms with Gasteiger partial charge in [-0.2, -0.15) is 0 Å². The maximum absolute atomic E-state index is 14.4. The van der Waals surface area contributed by atoms with E-state index in [1.807, 2.05) is 30.0 Å². The maximum atomic E-state index is 14.4. The van der Waals surface area contributed by atoms with E-state index in [0.29, 0.717) is 26.2 Å². The number of hydrogen-bond acceptors (Lipinski definition) is 9. The van der Waals surface area contributed by atoms with Crippen LogP contribution >= 0.6 is 0 Å². The number of likely N-dealkylation sites (N-methyl/N-ethyl adjacent to an activating group) is 2. The summed E-state index contributed by atoms with van der Waals surface area (Å²) in [6.45, 7) is 5.30. The molecule has 0 radical (unpaired) electrons. The summed E-state index contributed by atoms with van der Waals surface area (Å²) in [5.74, 6) is 1.72. The third-order valence-electron chi connectivity index (χ3n) is 8.36. The SMILES string of the molecule is CCN1CCN(C)C2=CC(N3CC(N)C3)=NC3=CC(NN32)[C@@H]2CCCCN2C(=O)c2cc(F)ccc2OCC1=O. The van der Waals surface area contributed by atoms with Gasteiger partial charge in [-0.1, -0.05) is 0 Å². The molecule has 5 aliphatic heterocycles. The Labute approximate surface area is 233 Å². The highest BCUT2D eigenvalue weighted by molar-refractivity contribution is 5.97. The molecular formula is C28H37FN8O3. The molecule has 12 heteroatoms. The van der Waals surface area contributed by atoms with Crippen LogP contribution in [0.3, 0.4) is 0 Å². The second kappa shape index (κ2) is 10.7. The van der Waals surface area contributed by atoms with Gasteiger partial charge >= 0.3 is 0 Å². The second-order valence-corrected chi connectivity index (χ2v) is 11.0. The fourth-order valence-corrected chi connectivity index (χ4v) is 6.04. The number of aliphatic imine (C=N–C) groups is 1. The zero-order valence-electron chi connectivity index (χ0n) is 23.1. The molecule has 2 bridgehead atoms. The third-order valence-corrected chi connectivity index (χ3v) is 8.36. The molecule has 214 valence electrons. The number of halogens is 1. The van der Waals surface area contributed by atoms with Crippen molar-refractivity contribution >= 4 is 17.6 Å². The van der Waals surface area contributed by atoms with Gasteiger partial charge in [0.05, 0.1) is 17.6 Å². The Morgan fingerprint density at radius 2 is 2.00 bits per heavy atom. The molecule has 2 atom stereocenters. The van der Waals surface area contributed by atoms with Gasteiger partial charge in [0.1, 0.15) is 29.0 Å². The highest BCUT2D eigenvalue weighted by atomic mass is 19.1. The quantitative estimate of drug-likeness (QED) is 0.530. The van der Waals surface area contributed by atoms with Gasteiger partial charge in [0.25, 0.3) is 11.8 Å². The van der Waals surface area contributed by atoms with Crippen LogP contribution in [0.1, 0.15) is 36.5 Å². The molecule has 40 heavy (non-hydrogen) atoms. The van der Waals surface area contributed by atoms with Crippen LogP contribution in [0.5, 0.6) is 5.75 Å². The van der Waals surface area contributed by atoms with Gasteiger partial charge in [0.15, 0.2) is 6.61 Å². The molecule has 5 aliphatic rings. The smallest absolute Gasteiger partial charge is 0.260 e. The number of benzene rings is 1. The summed E-state index contributed by atoms with van der Waals surface area (Å²) in [4.78, 5) is 39.8. The number of nitrogens with two attached hydrogens (primary N) is 1. The van der Waals surface area contributed by atoms with Gasteiger partial charge in [-0.15, -0.1) is 0 Å². The number of ether oxygens (including phenoxy) is 1. The van der Waals surface area contributed by atoms with E-state index in [4.69, 9.17) is 15.5 Å². The van der Waals surface area contributed by atoms with Crippen molar-refractivity contribution in [2.45, 2.75) is 44.3 Å². The zero-order valence-corrected chi connectivity index (χ0v) is 23.1. The first kappa shape index (κ1) is 26.6. The monoisotopic (exact) mass is 552 g/mol. The van der Waals surface area contributed by atoms with Crippen molar-refractivity contribution in [3.63, 3.8) is 0 Å². The van der Waals surface area contributed by atoms with E-state index >= 15 is 0 Å². The second-order valence-electron chi connectivity index (χ2n) is 11.0. The number of amidine groups is 1. The minimum atomic E-state index is -0.524. The molecule has 0 aliphatic carbocycles. The van der Waals surface area contributed by atoms with Gasteiger partial charge in [0.2, 0.25) is 0 Å². The first-order valence-corrected chi connectivity index (χ1v) is 14.1. The number of hydrazine groups is 1. The normalized spacial score (nSPS) is 26.0. The van der Waals surface area contributed by atoms with Crippen molar-refractivity contribution in [1.29, 1.82) is 0 Å². The highest BCUT2D eigenvalue weighted by Gasteiger charge is 2.41. The summed E-state index contributed by atoms with van der Waals surface area (Å²) in [7, 11) is 2.00. The predicted molar refractivity (Wildman–Crippen MR) is 147 cm³/mol. The molecular weight excluding hydrogens is 515 g/mol. The number of fused-ring (bicyclic) bond motifs is 4. The van der Waals surface area contributed by atoms with Crippen LogP contribution in [0.25, 0.3) is 0 Å². The Morgan fingerprint density at radius 3 is 2.77 bits per heavy atom. The van der Waals surface area contributed by atoms with Gasteiger partial charge in [-0.3, -0.25) is 9.59 Å². The van der Waals surface area contributed by atoms with E-state index < -0.39 is 5.82 Å². The van der Waals surface area contributed by atoms with E-state index in [1.54, 1.807) is 4.90 Å². The predicted octanol–water partition coefficient (Wildman–Crippen LogP) is 0.920. The van der Waals surface area contributed by atoms with Gasteiger partial charge < -0.3 is 30.1 Å². The zero-order chi connectivity index (χ0) is 28.0. The molecule has 5 heterocycles. The van der Waals surface area contributed by atoms with Crippen LogP contribution in [0.15, 0.2) is 47.0 Å². The average Bonchev–Trinajstić information content (AvgIpc) is 3.37. The van der Waals surface area contributed by atoms with E-state index in [1.165, 1.54) is 18.2 Å². The van der Waals surface area contributed by atoms with E-state index in [0.717, 1.165) is 49.8 Å². The van der Waals surface area contributed by atoms with Crippen LogP contribution in [0.2, 0.25) is 0 Å². The molecule has 1 unspecified atom stereocenters. The number of carbonyl (C=O) groups is 2. The number of nitrogens with zero attached hydrogens (tertiary/aromatic N) is 6. The molecule has 0 spiro atoms. The first-order chi connectivity index (χ1) is 19.3. The van der Waals surface area contributed by atoms with Crippen LogP contribution in [0.4, 0.5) is 4.39 Å². The summed E-state index contributed by atoms with van der Waals surface area (Å²) in [6.07, 6.45) is 6.76. The molecule has 2 amide bonds. The molecule has 1 aromatic rings. The standard InChI is InChI=1S/C28H37FN8O3/c1-3-34-11-10-33(2)26-14-24(35-15-19(30)16-35)31-25-13-21(32-37(25)26)22-6-4-5-9-36(22)28(39)20-12-18(29)7-8-23(20)40-17-27(34)38/h7-8,12-14,19,21-22,32H,3-6,9-11,15-17,30H2,1-2H3/t21?,22-/m0/s1. The number of amides is 2. The number of nitrogens with one attached hydrogen (secondary N) is 1. The molecule has 0 aromatic heterocycles. The van der Waals surface area contributed by atoms with Crippen LogP contribution < -0.4 is 15.9 Å². The molecule has 11 nitrogen and oxygen atoms in total. The molecule has 2 fully saturated rings. The fourth-order valence-electron chi connectivity index (χ4n) is 6.04. The van der Waals surface area contributed by atoms with Crippen molar-refractivity contribution in [3.05, 3.63) is 53.4 Å². The Morgan fingerprint density at radius 1 is 1.18 bits per heavy atom. The number of hydrogen-bond donors (Lipinski definition) is 2. The minimum Gasteiger partial charge on any atom is -0.483 e. The summed E-state index contributed by atoms with van der Waals surface area (Å²) < 4.78 is 20.3. The topological polar surface area (TPSA) is 110 Å². The lowest BCUT2D eigenvalue weighted by Crippen LogP contribution is -2.59. The van der Waals surface area contributed by atoms with Gasteiger partial charge in [-0.05, 0) is 50.5 Å². The van der Waals surface area contributed by atoms with Crippen molar-refractivity contribution in [2.75, 3.05) is 52.9 Å². The van der Waals surface area contributed by atoms with Gasteiger partial charge in [-0.25, -0.2) is 19.8 Å². The van der Waals surface area contributed by atoms with E-state index in [9.17, 15) is 14.0 Å². The van der Waals surface area contributed by atoms with Crippen molar-refractivity contribution in [2.24, 2.45) is 10.7 Å². The summed E-state index contributed by atoms with van der Waals surface area (Å²) >= 11 is 0. The first-order valence-electron chi connectivity index (χ1n) is 14.1. The Bertz CT molecular complexity index is 1280. The van der Waals surface area contributed by atoms with Gasteiger partial charge in [0, 0.05) is 58.4 Å². The summed E-state index contributed by atoms with van der Waals surface area (Å²) in [5.41, 5.74) is 9.80. The Kier molecular flexibility index (Phi) is 7.13. The Hall–Kier alpha value is -3.64. The highest BCUT2D eigenvalue weighted by Crippen LogP contribution is 2.33.